The first-order valence-corrected chi connectivity index (χ1v) is 6.45. The number of carbonyl (C=O) groups excluding carboxylic acids is 2. The molecule has 8 nitrogen and oxygen atoms in total. The molecule has 1 amide bonds. The summed E-state index contributed by atoms with van der Waals surface area (Å²) >= 11 is 0. The van der Waals surface area contributed by atoms with Gasteiger partial charge in [0.2, 0.25) is 0 Å². The summed E-state index contributed by atoms with van der Waals surface area (Å²) in [6.07, 6.45) is 0. The summed E-state index contributed by atoms with van der Waals surface area (Å²) in [5.41, 5.74) is 0.100. The molecule has 0 aromatic heterocycles. The SMILES string of the molecule is CC(=O)O.CC(=O)O.CON(C)C(=O)c1ccc(C(C)=O)cc1F.[Pd]. The fourth-order valence-corrected chi connectivity index (χ4v) is 1.16. The van der Waals surface area contributed by atoms with E-state index >= 15 is 0 Å². The van der Waals surface area contributed by atoms with Gasteiger partial charge in [0.1, 0.15) is 5.82 Å². The summed E-state index contributed by atoms with van der Waals surface area (Å²) in [5, 5.41) is 15.7. The van der Waals surface area contributed by atoms with E-state index < -0.39 is 23.7 Å². The fraction of sp³-hybridized carbons (Fsp3) is 0.333. The molecule has 0 aliphatic rings. The van der Waals surface area contributed by atoms with Gasteiger partial charge in [-0.25, -0.2) is 9.45 Å². The standard InChI is InChI=1S/C11H12FNO3.2C2H4O2.Pd/c1-7(14)8-4-5-9(10(12)6-8)11(15)13(2)16-3;2*1-2(3)4;/h4-6H,1-3H3;2*1H3,(H,3,4);. The number of rotatable bonds is 3. The van der Waals surface area contributed by atoms with Crippen molar-refractivity contribution in [3.8, 4) is 0 Å². The Balaban J connectivity index is -0.000000454. The van der Waals surface area contributed by atoms with E-state index in [1.54, 1.807) is 0 Å². The van der Waals surface area contributed by atoms with E-state index in [0.29, 0.717) is 0 Å². The zero-order valence-electron chi connectivity index (χ0n) is 14.3. The van der Waals surface area contributed by atoms with Gasteiger partial charge >= 0.3 is 0 Å². The maximum Gasteiger partial charge on any atom is 0.300 e. The van der Waals surface area contributed by atoms with Crippen LogP contribution in [-0.2, 0) is 34.8 Å². The molecule has 0 saturated heterocycles. The number of ketones is 1. The van der Waals surface area contributed by atoms with E-state index in [-0.39, 0.29) is 37.3 Å². The average molecular weight is 452 g/mol. The van der Waals surface area contributed by atoms with Crippen LogP contribution >= 0.6 is 0 Å². The Morgan fingerprint density at radius 1 is 1.04 bits per heavy atom. The first-order chi connectivity index (χ1) is 10.9. The number of hydrogen-bond acceptors (Lipinski definition) is 5. The second kappa shape index (κ2) is 14.2. The first-order valence-electron chi connectivity index (χ1n) is 6.45. The molecule has 0 unspecified atom stereocenters. The minimum absolute atomic E-state index is 0. The van der Waals surface area contributed by atoms with Gasteiger partial charge in [-0.3, -0.25) is 24.0 Å². The first kappa shape index (κ1) is 27.7. The van der Waals surface area contributed by atoms with Crippen molar-refractivity contribution in [1.29, 1.82) is 0 Å². The Hall–Kier alpha value is -2.15. The smallest absolute Gasteiger partial charge is 0.300 e. The molecule has 10 heteroatoms. The molecule has 144 valence electrons. The van der Waals surface area contributed by atoms with E-state index in [2.05, 4.69) is 4.84 Å². The van der Waals surface area contributed by atoms with E-state index in [9.17, 15) is 14.0 Å². The summed E-state index contributed by atoms with van der Waals surface area (Å²) in [6, 6.07) is 3.71. The molecule has 0 atom stereocenters. The number of benzene rings is 1. The molecule has 0 aliphatic heterocycles. The average Bonchev–Trinajstić information content (AvgIpc) is 2.44. The predicted octanol–water partition coefficient (Wildman–Crippen LogP) is 1.84. The minimum atomic E-state index is -0.833. The predicted molar refractivity (Wildman–Crippen MR) is 82.1 cm³/mol. The summed E-state index contributed by atoms with van der Waals surface area (Å²) < 4.78 is 13.5. The van der Waals surface area contributed by atoms with Crippen LogP contribution in [0.5, 0.6) is 0 Å². The Kier molecular flexibility index (Phi) is 15.7. The van der Waals surface area contributed by atoms with Gasteiger partial charge in [-0.15, -0.1) is 0 Å². The van der Waals surface area contributed by atoms with Crippen LogP contribution in [0, 0.1) is 5.82 Å². The molecular formula is C15H20FNO7Pd. The number of nitrogens with zero attached hydrogens (tertiary/aromatic N) is 1. The Bertz CT molecular complexity index is 588. The van der Waals surface area contributed by atoms with Crippen LogP contribution < -0.4 is 0 Å². The second-order valence-corrected chi connectivity index (χ2v) is 4.27. The summed E-state index contributed by atoms with van der Waals surface area (Å²) in [4.78, 5) is 45.2. The summed E-state index contributed by atoms with van der Waals surface area (Å²) in [5.74, 6) is -3.25. The van der Waals surface area contributed by atoms with Crippen molar-refractivity contribution in [2.75, 3.05) is 14.2 Å². The summed E-state index contributed by atoms with van der Waals surface area (Å²) in [6.45, 7) is 3.50. The van der Waals surface area contributed by atoms with E-state index in [4.69, 9.17) is 19.8 Å². The van der Waals surface area contributed by atoms with Gasteiger partial charge in [0.15, 0.2) is 5.78 Å². The number of carboxylic acids is 2. The molecule has 1 rings (SSSR count). The van der Waals surface area contributed by atoms with Crippen molar-refractivity contribution in [3.05, 3.63) is 35.1 Å². The van der Waals surface area contributed by atoms with Gasteiger partial charge in [-0.05, 0) is 19.1 Å². The molecule has 25 heavy (non-hydrogen) atoms. The monoisotopic (exact) mass is 451 g/mol. The van der Waals surface area contributed by atoms with Crippen molar-refractivity contribution >= 4 is 23.6 Å². The molecule has 0 aliphatic carbocycles. The maximum atomic E-state index is 13.5. The molecule has 0 spiro atoms. The maximum absolute atomic E-state index is 13.5. The molecule has 0 fully saturated rings. The molecular weight excluding hydrogens is 432 g/mol. The molecule has 0 saturated carbocycles. The number of hydrogen-bond donors (Lipinski definition) is 2. The quantitative estimate of drug-likeness (QED) is 0.408. The zero-order chi connectivity index (χ0) is 19.4. The number of Topliss-reactive ketones (excluding diaryl/α,β-unsaturated/α-hetero) is 1. The van der Waals surface area contributed by atoms with Gasteiger partial charge in [-0.1, -0.05) is 6.07 Å². The van der Waals surface area contributed by atoms with E-state index in [1.807, 2.05) is 0 Å². The number of halogens is 1. The van der Waals surface area contributed by atoms with Crippen LogP contribution in [0.2, 0.25) is 0 Å². The van der Waals surface area contributed by atoms with Gasteiger partial charge < -0.3 is 10.2 Å². The summed E-state index contributed by atoms with van der Waals surface area (Å²) in [7, 11) is 2.68. The molecule has 1 aromatic rings. The topological polar surface area (TPSA) is 121 Å². The Labute approximate surface area is 158 Å². The molecule has 1 aromatic carbocycles. The molecule has 0 bridgehead atoms. The van der Waals surface area contributed by atoms with E-state index in [0.717, 1.165) is 25.0 Å². The van der Waals surface area contributed by atoms with Gasteiger partial charge in [0.25, 0.3) is 17.8 Å². The van der Waals surface area contributed by atoms with Gasteiger partial charge in [-0.2, -0.15) is 0 Å². The van der Waals surface area contributed by atoms with Gasteiger partial charge in [0, 0.05) is 46.9 Å². The molecule has 0 radical (unpaired) electrons. The number of carboxylic acid groups (broad SMARTS) is 2. The van der Waals surface area contributed by atoms with Crippen molar-refractivity contribution < 1.29 is 59.0 Å². The normalized spacial score (nSPS) is 8.40. The van der Waals surface area contributed by atoms with Crippen molar-refractivity contribution in [3.63, 3.8) is 0 Å². The number of amides is 1. The van der Waals surface area contributed by atoms with Crippen LogP contribution in [-0.4, -0.2) is 53.1 Å². The van der Waals surface area contributed by atoms with Gasteiger partial charge in [0.05, 0.1) is 12.7 Å². The van der Waals surface area contributed by atoms with Crippen LogP contribution in [0.15, 0.2) is 18.2 Å². The van der Waals surface area contributed by atoms with E-state index in [1.165, 1.54) is 33.2 Å². The number of aliphatic carboxylic acids is 2. The number of carbonyl (C=O) groups is 4. The van der Waals surface area contributed by atoms with Crippen LogP contribution in [0.4, 0.5) is 4.39 Å². The van der Waals surface area contributed by atoms with Crippen LogP contribution in [0.1, 0.15) is 41.5 Å². The van der Waals surface area contributed by atoms with Crippen molar-refractivity contribution in [2.45, 2.75) is 20.8 Å². The number of hydroxylamine groups is 2. The van der Waals surface area contributed by atoms with Crippen LogP contribution in [0.3, 0.4) is 0 Å². The fourth-order valence-electron chi connectivity index (χ4n) is 1.16. The second-order valence-electron chi connectivity index (χ2n) is 4.27. The molecule has 2 N–H and O–H groups in total. The Morgan fingerprint density at radius 3 is 1.72 bits per heavy atom. The zero-order valence-corrected chi connectivity index (χ0v) is 15.9. The van der Waals surface area contributed by atoms with Crippen LogP contribution in [0.25, 0.3) is 0 Å². The minimum Gasteiger partial charge on any atom is -0.481 e. The third-order valence-corrected chi connectivity index (χ3v) is 2.17. The van der Waals surface area contributed by atoms with Crippen molar-refractivity contribution in [2.24, 2.45) is 0 Å². The largest absolute Gasteiger partial charge is 0.481 e. The Morgan fingerprint density at radius 2 is 1.44 bits per heavy atom. The third-order valence-electron chi connectivity index (χ3n) is 2.17. The third kappa shape index (κ3) is 13.9. The molecule has 0 heterocycles. The van der Waals surface area contributed by atoms with Crippen molar-refractivity contribution in [1.82, 2.24) is 5.06 Å².